The van der Waals surface area contributed by atoms with Gasteiger partial charge in [-0.1, -0.05) is 68.4 Å². The lowest BCUT2D eigenvalue weighted by Crippen LogP contribution is -2.30. The summed E-state index contributed by atoms with van der Waals surface area (Å²) in [6.07, 6.45) is 1.05. The predicted octanol–water partition coefficient (Wildman–Crippen LogP) is 3.94. The molecule has 7 nitrogen and oxygen atoms in total. The molecular weight excluding hydrogens is 476 g/mol. The van der Waals surface area contributed by atoms with Crippen molar-refractivity contribution in [3.63, 3.8) is 0 Å². The Morgan fingerprint density at radius 1 is 0.972 bits per heavy atom. The average Bonchev–Trinajstić information content (AvgIpc) is 2.83. The summed E-state index contributed by atoms with van der Waals surface area (Å²) in [5.74, 6) is 0.410. The fourth-order valence-corrected chi connectivity index (χ4v) is 4.29. The van der Waals surface area contributed by atoms with Crippen molar-refractivity contribution in [2.24, 2.45) is 5.92 Å². The van der Waals surface area contributed by atoms with Crippen molar-refractivity contribution in [3.05, 3.63) is 89.5 Å². The van der Waals surface area contributed by atoms with Crippen molar-refractivity contribution in [2.75, 3.05) is 26.0 Å². The number of sulfonamides is 1. The van der Waals surface area contributed by atoms with E-state index in [-0.39, 0.29) is 0 Å². The van der Waals surface area contributed by atoms with Crippen molar-refractivity contribution in [2.45, 2.75) is 26.4 Å². The summed E-state index contributed by atoms with van der Waals surface area (Å²) in [5, 5.41) is 13.4. The zero-order chi connectivity index (χ0) is 26.1. The Hall–Kier alpha value is -3.20. The van der Waals surface area contributed by atoms with Crippen LogP contribution >= 0.6 is 0 Å². The number of hydrogen-bond donors (Lipinski definition) is 3. The van der Waals surface area contributed by atoms with Crippen LogP contribution in [0.1, 0.15) is 41.4 Å². The van der Waals surface area contributed by atoms with Gasteiger partial charge in [-0.2, -0.15) is 0 Å². The summed E-state index contributed by atoms with van der Waals surface area (Å²) in [6.45, 7) is 5.61. The number of carbonyl (C=O) groups excluding carboxylic acids is 1. The molecule has 0 fully saturated rings. The van der Waals surface area contributed by atoms with Gasteiger partial charge in [0.1, 0.15) is 12.4 Å². The van der Waals surface area contributed by atoms with Gasteiger partial charge in [0.05, 0.1) is 12.4 Å². The number of carbonyl (C=O) groups is 1. The van der Waals surface area contributed by atoms with E-state index in [1.54, 1.807) is 6.07 Å². The molecule has 1 atom stereocenters. The third-order valence-corrected chi connectivity index (χ3v) is 6.07. The van der Waals surface area contributed by atoms with Crippen molar-refractivity contribution in [1.82, 2.24) is 10.0 Å². The molecule has 0 aliphatic heterocycles. The third-order valence-electron chi connectivity index (χ3n) is 5.51. The molecule has 0 saturated carbocycles. The predicted molar refractivity (Wildman–Crippen MR) is 142 cm³/mol. The minimum absolute atomic E-state index is 0.295. The largest absolute Gasteiger partial charge is 0.492 e. The van der Waals surface area contributed by atoms with E-state index < -0.39 is 22.0 Å². The highest BCUT2D eigenvalue weighted by Gasteiger charge is 2.17. The van der Waals surface area contributed by atoms with Gasteiger partial charge in [0.2, 0.25) is 10.0 Å². The molecule has 0 radical (unpaired) electrons. The van der Waals surface area contributed by atoms with E-state index in [0.717, 1.165) is 34.3 Å². The molecule has 3 rings (SSSR count). The lowest BCUT2D eigenvalue weighted by molar-refractivity contribution is 0.0980. The van der Waals surface area contributed by atoms with E-state index in [9.17, 15) is 18.3 Å². The van der Waals surface area contributed by atoms with Crippen LogP contribution in [0, 0.1) is 5.92 Å². The zero-order valence-electron chi connectivity index (χ0n) is 20.9. The van der Waals surface area contributed by atoms with Crippen molar-refractivity contribution in [3.8, 4) is 16.9 Å². The van der Waals surface area contributed by atoms with Crippen molar-refractivity contribution in [1.29, 1.82) is 0 Å². The standard InChI is InChI=1S/C28H34N2O5S/c1-20(2)17-24-18-23(11-14-26(24)28(32)30-36(3,33)34)21-9-12-25(13-10-21)35-16-15-29-19-27(31)22-7-5-4-6-8-22/h4-14,18,20,27,29,31H,15-17,19H2,1-3H3,(H,30,32)/t27-/m0/s1. The highest BCUT2D eigenvalue weighted by atomic mass is 32.2. The van der Waals surface area contributed by atoms with Crippen LogP contribution in [-0.2, 0) is 16.4 Å². The fraction of sp³-hybridized carbons (Fsp3) is 0.321. The van der Waals surface area contributed by atoms with Crippen LogP contribution in [0.3, 0.4) is 0 Å². The molecule has 0 bridgehead atoms. The van der Waals surface area contributed by atoms with Gasteiger partial charge in [-0.15, -0.1) is 0 Å². The molecule has 1 amide bonds. The third kappa shape index (κ3) is 8.48. The monoisotopic (exact) mass is 510 g/mol. The van der Waals surface area contributed by atoms with E-state index >= 15 is 0 Å². The summed E-state index contributed by atoms with van der Waals surface area (Å²) < 4.78 is 30.9. The van der Waals surface area contributed by atoms with Crippen LogP contribution in [0.4, 0.5) is 0 Å². The van der Waals surface area contributed by atoms with E-state index in [4.69, 9.17) is 4.74 Å². The van der Waals surface area contributed by atoms with Gasteiger partial charge in [-0.3, -0.25) is 4.79 Å². The van der Waals surface area contributed by atoms with Crippen molar-refractivity contribution >= 4 is 15.9 Å². The molecule has 0 aliphatic rings. The molecule has 0 aromatic heterocycles. The minimum atomic E-state index is -3.64. The van der Waals surface area contributed by atoms with Gasteiger partial charge in [0.15, 0.2) is 0 Å². The number of hydrogen-bond acceptors (Lipinski definition) is 6. The highest BCUT2D eigenvalue weighted by Crippen LogP contribution is 2.26. The summed E-state index contributed by atoms with van der Waals surface area (Å²) in [6, 6.07) is 22.6. The van der Waals surface area contributed by atoms with Crippen LogP contribution in [0.2, 0.25) is 0 Å². The van der Waals surface area contributed by atoms with E-state index in [1.807, 2.05) is 80.6 Å². The van der Waals surface area contributed by atoms with Gasteiger partial charge in [-0.25, -0.2) is 13.1 Å². The lowest BCUT2D eigenvalue weighted by Gasteiger charge is -2.14. The minimum Gasteiger partial charge on any atom is -0.492 e. The van der Waals surface area contributed by atoms with Crippen LogP contribution < -0.4 is 14.8 Å². The number of aliphatic hydroxyl groups excluding tert-OH is 1. The zero-order valence-corrected chi connectivity index (χ0v) is 21.7. The maximum absolute atomic E-state index is 12.5. The SMILES string of the molecule is CC(C)Cc1cc(-c2ccc(OCCNC[C@H](O)c3ccccc3)cc2)ccc1C(=O)NS(C)(=O)=O. The second-order valence-electron chi connectivity index (χ2n) is 9.18. The number of benzene rings is 3. The van der Waals surface area contributed by atoms with Crippen LogP contribution in [-0.4, -0.2) is 45.4 Å². The normalized spacial score (nSPS) is 12.4. The Morgan fingerprint density at radius 3 is 2.28 bits per heavy atom. The van der Waals surface area contributed by atoms with Crippen molar-refractivity contribution < 1.29 is 23.1 Å². The smallest absolute Gasteiger partial charge is 0.264 e. The topological polar surface area (TPSA) is 105 Å². The first-order valence-electron chi connectivity index (χ1n) is 11.9. The number of ether oxygens (including phenoxy) is 1. The first-order valence-corrected chi connectivity index (χ1v) is 13.8. The second kappa shape index (κ2) is 12.7. The molecule has 0 unspecified atom stereocenters. The highest BCUT2D eigenvalue weighted by molar-refractivity contribution is 7.89. The molecule has 0 heterocycles. The summed E-state index contributed by atoms with van der Waals surface area (Å²) in [4.78, 5) is 12.5. The Labute approximate surface area is 213 Å². The quantitative estimate of drug-likeness (QED) is 0.319. The molecule has 192 valence electrons. The molecule has 0 saturated heterocycles. The number of aliphatic hydroxyl groups is 1. The van der Waals surface area contributed by atoms with Crippen LogP contribution in [0.15, 0.2) is 72.8 Å². The summed E-state index contributed by atoms with van der Waals surface area (Å²) in [7, 11) is -3.64. The molecule has 0 spiro atoms. The van der Waals surface area contributed by atoms with Gasteiger partial charge < -0.3 is 15.2 Å². The summed E-state index contributed by atoms with van der Waals surface area (Å²) >= 11 is 0. The first-order chi connectivity index (χ1) is 17.1. The molecule has 36 heavy (non-hydrogen) atoms. The maximum Gasteiger partial charge on any atom is 0.264 e. The average molecular weight is 511 g/mol. The first kappa shape index (κ1) is 27.4. The Kier molecular flexibility index (Phi) is 9.64. The van der Waals surface area contributed by atoms with E-state index in [2.05, 4.69) is 10.0 Å². The van der Waals surface area contributed by atoms with E-state index in [0.29, 0.717) is 37.6 Å². The summed E-state index contributed by atoms with van der Waals surface area (Å²) in [5.41, 5.74) is 3.94. The van der Waals surface area contributed by atoms with Crippen LogP contribution in [0.5, 0.6) is 5.75 Å². The molecule has 3 aromatic carbocycles. The molecule has 0 aliphatic carbocycles. The molecule has 3 aromatic rings. The molecular formula is C28H34N2O5S. The van der Waals surface area contributed by atoms with Gasteiger partial charge in [0.25, 0.3) is 5.91 Å². The van der Waals surface area contributed by atoms with Gasteiger partial charge in [-0.05, 0) is 52.8 Å². The van der Waals surface area contributed by atoms with Gasteiger partial charge >= 0.3 is 0 Å². The number of nitrogens with one attached hydrogen (secondary N) is 2. The Balaban J connectivity index is 1.58. The Bertz CT molecular complexity index is 1240. The molecule has 3 N–H and O–H groups in total. The van der Waals surface area contributed by atoms with Crippen LogP contribution in [0.25, 0.3) is 11.1 Å². The maximum atomic E-state index is 12.5. The number of rotatable bonds is 12. The molecule has 8 heteroatoms. The Morgan fingerprint density at radius 2 is 1.64 bits per heavy atom. The van der Waals surface area contributed by atoms with E-state index in [1.165, 1.54) is 0 Å². The fourth-order valence-electron chi connectivity index (χ4n) is 3.84. The number of amides is 1. The van der Waals surface area contributed by atoms with Gasteiger partial charge in [0, 0.05) is 18.7 Å². The lowest BCUT2D eigenvalue weighted by atomic mass is 9.93. The second-order valence-corrected chi connectivity index (χ2v) is 10.9.